The Balaban J connectivity index is 1.64. The van der Waals surface area contributed by atoms with Crippen molar-refractivity contribution in [3.63, 3.8) is 0 Å². The first kappa shape index (κ1) is 17.7. The van der Waals surface area contributed by atoms with Crippen LogP contribution in [0.3, 0.4) is 0 Å². The van der Waals surface area contributed by atoms with Crippen LogP contribution in [0.25, 0.3) is 11.1 Å². The number of aromatic nitrogens is 2. The van der Waals surface area contributed by atoms with Crippen molar-refractivity contribution in [2.45, 2.75) is 17.1 Å². The molecule has 8 heteroatoms. The fraction of sp³-hybridized carbons (Fsp3) is 0.111. The summed E-state index contributed by atoms with van der Waals surface area (Å²) < 4.78 is 0. The van der Waals surface area contributed by atoms with Gasteiger partial charge in [0.1, 0.15) is 0 Å². The Kier molecular flexibility index (Phi) is 5.33. The minimum absolute atomic E-state index is 0.0301. The van der Waals surface area contributed by atoms with Crippen LogP contribution in [0.15, 0.2) is 65.8 Å². The molecule has 1 amide bonds. The lowest BCUT2D eigenvalue weighted by atomic mass is 10.1. The molecule has 0 aliphatic rings. The first-order chi connectivity index (χ1) is 12.5. The van der Waals surface area contributed by atoms with E-state index in [0.717, 1.165) is 16.0 Å². The van der Waals surface area contributed by atoms with Crippen LogP contribution in [-0.4, -0.2) is 26.3 Å². The van der Waals surface area contributed by atoms with Crippen molar-refractivity contribution in [3.8, 4) is 11.1 Å². The van der Waals surface area contributed by atoms with Crippen LogP contribution >= 0.6 is 11.8 Å². The summed E-state index contributed by atoms with van der Waals surface area (Å²) in [4.78, 5) is 23.5. The molecule has 132 valence electrons. The molecule has 2 aromatic carbocycles. The van der Waals surface area contributed by atoms with Crippen LogP contribution in [0.5, 0.6) is 0 Å². The molecule has 0 saturated carbocycles. The summed E-state index contributed by atoms with van der Waals surface area (Å²) in [6.45, 7) is 1.79. The maximum atomic E-state index is 12.4. The zero-order chi connectivity index (χ0) is 18.5. The van der Waals surface area contributed by atoms with Gasteiger partial charge in [-0.3, -0.25) is 20.0 Å². The normalized spacial score (nSPS) is 11.7. The Morgan fingerprint density at radius 3 is 2.65 bits per heavy atom. The summed E-state index contributed by atoms with van der Waals surface area (Å²) >= 11 is 1.34. The number of amides is 1. The summed E-state index contributed by atoms with van der Waals surface area (Å²) in [5.41, 5.74) is 2.62. The summed E-state index contributed by atoms with van der Waals surface area (Å²) in [7, 11) is 0. The highest BCUT2D eigenvalue weighted by atomic mass is 32.2. The lowest BCUT2D eigenvalue weighted by molar-refractivity contribution is -0.384. The maximum Gasteiger partial charge on any atom is 0.269 e. The molecular weight excluding hydrogens is 352 g/mol. The van der Waals surface area contributed by atoms with Gasteiger partial charge >= 0.3 is 0 Å². The Labute approximate surface area is 154 Å². The largest absolute Gasteiger partial charge is 0.325 e. The van der Waals surface area contributed by atoms with E-state index in [-0.39, 0.29) is 16.8 Å². The number of nitrogens with zero attached hydrogens (tertiary/aromatic N) is 2. The van der Waals surface area contributed by atoms with E-state index in [1.807, 2.05) is 24.3 Å². The Morgan fingerprint density at radius 1 is 1.23 bits per heavy atom. The summed E-state index contributed by atoms with van der Waals surface area (Å²) in [6, 6.07) is 13.7. The van der Waals surface area contributed by atoms with Gasteiger partial charge in [0.15, 0.2) is 0 Å². The first-order valence-corrected chi connectivity index (χ1v) is 8.72. The topological polar surface area (TPSA) is 101 Å². The molecule has 2 N–H and O–H groups in total. The molecule has 7 nitrogen and oxygen atoms in total. The zero-order valence-electron chi connectivity index (χ0n) is 13.9. The molecule has 0 fully saturated rings. The number of hydrogen-bond donors (Lipinski definition) is 2. The third-order valence-electron chi connectivity index (χ3n) is 3.69. The Morgan fingerprint density at radius 2 is 2.00 bits per heavy atom. The molecule has 0 bridgehead atoms. The highest BCUT2D eigenvalue weighted by Gasteiger charge is 2.15. The maximum absolute atomic E-state index is 12.4. The number of H-pyrrole nitrogens is 1. The molecule has 0 radical (unpaired) electrons. The Hall–Kier alpha value is -3.13. The molecule has 26 heavy (non-hydrogen) atoms. The monoisotopic (exact) mass is 368 g/mol. The van der Waals surface area contributed by atoms with Crippen molar-refractivity contribution in [2.24, 2.45) is 0 Å². The number of non-ortho nitro benzene ring substituents is 1. The predicted octanol–water partition coefficient (Wildman–Crippen LogP) is 4.10. The summed E-state index contributed by atoms with van der Waals surface area (Å²) in [6.07, 6.45) is 3.50. The van der Waals surface area contributed by atoms with Crippen molar-refractivity contribution in [3.05, 3.63) is 71.0 Å². The van der Waals surface area contributed by atoms with Crippen molar-refractivity contribution in [1.82, 2.24) is 10.2 Å². The average Bonchev–Trinajstić information content (AvgIpc) is 3.17. The molecule has 3 rings (SSSR count). The first-order valence-electron chi connectivity index (χ1n) is 7.84. The van der Waals surface area contributed by atoms with Crippen LogP contribution in [0.4, 0.5) is 11.4 Å². The minimum atomic E-state index is -0.447. The zero-order valence-corrected chi connectivity index (χ0v) is 14.7. The standard InChI is InChI=1S/C18H16N4O3S/c1-12(26-17-7-5-16(6-8-17)22(24)25)18(23)21-15-4-2-3-13(9-15)14-10-19-20-11-14/h2-12H,1H3,(H,19,20)(H,21,23)/t12-/m0/s1. The molecule has 1 atom stereocenters. The quantitative estimate of drug-likeness (QED) is 0.387. The van der Waals surface area contributed by atoms with Crippen LogP contribution in [0, 0.1) is 10.1 Å². The van der Waals surface area contributed by atoms with Gasteiger partial charge < -0.3 is 5.32 Å². The van der Waals surface area contributed by atoms with Gasteiger partial charge in [-0.1, -0.05) is 12.1 Å². The number of nitro benzene ring substituents is 1. The van der Waals surface area contributed by atoms with E-state index in [1.165, 1.54) is 23.9 Å². The SMILES string of the molecule is C[C@H](Sc1ccc([N+](=O)[O-])cc1)C(=O)Nc1cccc(-c2cn[nH]c2)c1. The van der Waals surface area contributed by atoms with Crippen molar-refractivity contribution >= 4 is 29.0 Å². The van der Waals surface area contributed by atoms with Gasteiger partial charge in [0.25, 0.3) is 5.69 Å². The van der Waals surface area contributed by atoms with Gasteiger partial charge in [-0.05, 0) is 36.8 Å². The van der Waals surface area contributed by atoms with E-state index in [2.05, 4.69) is 15.5 Å². The molecule has 0 aliphatic carbocycles. The van der Waals surface area contributed by atoms with E-state index in [1.54, 1.807) is 31.5 Å². The van der Waals surface area contributed by atoms with Crippen molar-refractivity contribution in [2.75, 3.05) is 5.32 Å². The lowest BCUT2D eigenvalue weighted by Crippen LogP contribution is -2.22. The molecule has 1 heterocycles. The number of hydrogen-bond acceptors (Lipinski definition) is 5. The van der Waals surface area contributed by atoms with Gasteiger partial charge in [0.2, 0.25) is 5.91 Å². The molecule has 1 aromatic heterocycles. The number of thioether (sulfide) groups is 1. The molecule has 0 spiro atoms. The van der Waals surface area contributed by atoms with Gasteiger partial charge in [0, 0.05) is 34.5 Å². The van der Waals surface area contributed by atoms with E-state index >= 15 is 0 Å². The van der Waals surface area contributed by atoms with Crippen molar-refractivity contribution < 1.29 is 9.72 Å². The number of nitrogens with one attached hydrogen (secondary N) is 2. The average molecular weight is 368 g/mol. The molecule has 0 unspecified atom stereocenters. The van der Waals surface area contributed by atoms with E-state index in [9.17, 15) is 14.9 Å². The lowest BCUT2D eigenvalue weighted by Gasteiger charge is -2.12. The van der Waals surface area contributed by atoms with E-state index < -0.39 is 4.92 Å². The van der Waals surface area contributed by atoms with Gasteiger partial charge in [-0.25, -0.2) is 0 Å². The van der Waals surface area contributed by atoms with Gasteiger partial charge in [-0.2, -0.15) is 5.10 Å². The third kappa shape index (κ3) is 4.28. The Bertz CT molecular complexity index is 910. The number of benzene rings is 2. The number of nitro groups is 1. The fourth-order valence-electron chi connectivity index (χ4n) is 2.33. The van der Waals surface area contributed by atoms with E-state index in [4.69, 9.17) is 0 Å². The second-order valence-corrected chi connectivity index (χ2v) is 6.98. The molecule has 0 saturated heterocycles. The number of aromatic amines is 1. The smallest absolute Gasteiger partial charge is 0.269 e. The number of carbonyl (C=O) groups is 1. The second-order valence-electron chi connectivity index (χ2n) is 5.57. The second kappa shape index (κ2) is 7.83. The number of rotatable bonds is 6. The third-order valence-corrected chi connectivity index (χ3v) is 4.80. The molecule has 3 aromatic rings. The minimum Gasteiger partial charge on any atom is -0.325 e. The van der Waals surface area contributed by atoms with Crippen LogP contribution in [0.2, 0.25) is 0 Å². The summed E-state index contributed by atoms with van der Waals surface area (Å²) in [5, 5.41) is 19.9. The van der Waals surface area contributed by atoms with E-state index in [0.29, 0.717) is 5.69 Å². The predicted molar refractivity (Wildman–Crippen MR) is 101 cm³/mol. The number of carbonyl (C=O) groups excluding carboxylic acids is 1. The highest BCUT2D eigenvalue weighted by molar-refractivity contribution is 8.00. The van der Waals surface area contributed by atoms with Gasteiger partial charge in [-0.15, -0.1) is 11.8 Å². The van der Waals surface area contributed by atoms with Crippen LogP contribution in [-0.2, 0) is 4.79 Å². The van der Waals surface area contributed by atoms with Crippen LogP contribution in [0.1, 0.15) is 6.92 Å². The van der Waals surface area contributed by atoms with Crippen LogP contribution < -0.4 is 5.32 Å². The highest BCUT2D eigenvalue weighted by Crippen LogP contribution is 2.27. The van der Waals surface area contributed by atoms with Crippen molar-refractivity contribution in [1.29, 1.82) is 0 Å². The molecular formula is C18H16N4O3S. The summed E-state index contributed by atoms with van der Waals surface area (Å²) in [5.74, 6) is -0.141. The molecule has 0 aliphatic heterocycles. The number of anilines is 1. The fourth-order valence-corrected chi connectivity index (χ4v) is 3.20. The van der Waals surface area contributed by atoms with Gasteiger partial charge in [0.05, 0.1) is 16.4 Å².